The maximum atomic E-state index is 4.96. The zero-order valence-electron chi connectivity index (χ0n) is 21.2. The summed E-state index contributed by atoms with van der Waals surface area (Å²) in [6, 6.07) is 11.0. The zero-order chi connectivity index (χ0) is 22.8. The van der Waals surface area contributed by atoms with Crippen LogP contribution in [0.25, 0.3) is 0 Å². The van der Waals surface area contributed by atoms with Gasteiger partial charge in [-0.15, -0.1) is 0 Å². The number of hydrogen-bond donors (Lipinski definition) is 0. The lowest BCUT2D eigenvalue weighted by Gasteiger charge is -2.31. The van der Waals surface area contributed by atoms with Crippen molar-refractivity contribution in [3.05, 3.63) is 59.2 Å². The Morgan fingerprint density at radius 3 is 1.90 bits per heavy atom. The van der Waals surface area contributed by atoms with Gasteiger partial charge in [0.15, 0.2) is 0 Å². The molecular weight excluding hydrogens is 364 g/mol. The minimum Gasteiger partial charge on any atom is -0.260 e. The topological polar surface area (TPSA) is 25.8 Å². The van der Waals surface area contributed by atoms with E-state index in [2.05, 4.69) is 106 Å². The fourth-order valence-electron chi connectivity index (χ4n) is 3.90. The highest BCUT2D eigenvalue weighted by molar-refractivity contribution is 5.21. The largest absolute Gasteiger partial charge is 0.260 e. The first-order valence-electron chi connectivity index (χ1n) is 11.5. The summed E-state index contributed by atoms with van der Waals surface area (Å²) in [5, 5.41) is 0. The lowest BCUT2D eigenvalue weighted by Crippen LogP contribution is -2.25. The molecule has 0 spiro atoms. The van der Waals surface area contributed by atoms with Gasteiger partial charge in [-0.2, -0.15) is 0 Å². The summed E-state index contributed by atoms with van der Waals surface area (Å²) in [6.07, 6.45) is 6.41. The third-order valence-corrected chi connectivity index (χ3v) is 5.91. The van der Waals surface area contributed by atoms with E-state index in [1.54, 1.807) is 0 Å². The van der Waals surface area contributed by atoms with E-state index in [0.717, 1.165) is 25.7 Å². The van der Waals surface area contributed by atoms with Gasteiger partial charge in [-0.1, -0.05) is 81.4 Å². The average Bonchev–Trinajstić information content (AvgIpc) is 2.58. The van der Waals surface area contributed by atoms with Crippen LogP contribution in [0.5, 0.6) is 0 Å². The molecule has 0 fully saturated rings. The van der Waals surface area contributed by atoms with Crippen molar-refractivity contribution in [1.29, 1.82) is 0 Å². The van der Waals surface area contributed by atoms with E-state index in [9.17, 15) is 0 Å². The Kier molecular flexibility index (Phi) is 7.21. The summed E-state index contributed by atoms with van der Waals surface area (Å²) in [5.74, 6) is 0. The molecule has 2 aromatic rings. The Bertz CT molecular complexity index is 815. The number of nitrogens with zero attached hydrogens (tertiary/aromatic N) is 2. The summed E-state index contributed by atoms with van der Waals surface area (Å²) in [6.45, 7) is 22.9. The van der Waals surface area contributed by atoms with Crippen LogP contribution in [0.15, 0.2) is 36.5 Å². The Hall–Kier alpha value is -1.70. The van der Waals surface area contributed by atoms with Crippen LogP contribution in [0.2, 0.25) is 0 Å². The molecule has 30 heavy (non-hydrogen) atoms. The first kappa shape index (κ1) is 24.6. The fourth-order valence-corrected chi connectivity index (χ4v) is 3.90. The predicted octanol–water partition coefficient (Wildman–Crippen LogP) is 7.69. The normalized spacial score (nSPS) is 13.5. The maximum absolute atomic E-state index is 4.96. The number of rotatable bonds is 7. The van der Waals surface area contributed by atoms with Crippen molar-refractivity contribution in [2.75, 3.05) is 0 Å². The molecule has 0 aromatic carbocycles. The van der Waals surface area contributed by atoms with Crippen LogP contribution in [0, 0.1) is 10.8 Å². The molecule has 0 aliphatic rings. The molecule has 0 radical (unpaired) electrons. The summed E-state index contributed by atoms with van der Waals surface area (Å²) < 4.78 is 0. The molecular formula is C28H44N2. The standard InChI is InChI=1S/C28H44N2/c1-25(2,3)18-21-14-15-24(29-20-21)28(9,10)17-16-27(7,8)19-22-12-11-13-23(30-22)26(4,5)6/h11-15,20H,16-19H2,1-10H3. The van der Waals surface area contributed by atoms with Gasteiger partial charge < -0.3 is 0 Å². The van der Waals surface area contributed by atoms with Crippen LogP contribution in [-0.4, -0.2) is 9.97 Å². The molecule has 2 nitrogen and oxygen atoms in total. The SMILES string of the molecule is CC(C)(C)Cc1ccc(C(C)(C)CCC(C)(C)Cc2cccc(C(C)(C)C)n2)nc1. The van der Waals surface area contributed by atoms with Gasteiger partial charge in [0.1, 0.15) is 0 Å². The van der Waals surface area contributed by atoms with Crippen LogP contribution in [-0.2, 0) is 23.7 Å². The van der Waals surface area contributed by atoms with Crippen molar-refractivity contribution in [3.63, 3.8) is 0 Å². The zero-order valence-corrected chi connectivity index (χ0v) is 21.2. The molecule has 2 aromatic heterocycles. The Labute approximate surface area is 185 Å². The van der Waals surface area contributed by atoms with Crippen molar-refractivity contribution >= 4 is 0 Å². The summed E-state index contributed by atoms with van der Waals surface area (Å²) >= 11 is 0. The lowest BCUT2D eigenvalue weighted by atomic mass is 9.75. The first-order valence-corrected chi connectivity index (χ1v) is 11.5. The summed E-state index contributed by atoms with van der Waals surface area (Å²) in [5.41, 5.74) is 5.56. The molecule has 0 amide bonds. The third kappa shape index (κ3) is 7.52. The molecule has 0 atom stereocenters. The van der Waals surface area contributed by atoms with E-state index in [4.69, 9.17) is 9.97 Å². The highest BCUT2D eigenvalue weighted by Crippen LogP contribution is 2.35. The molecule has 166 valence electrons. The van der Waals surface area contributed by atoms with E-state index >= 15 is 0 Å². The maximum Gasteiger partial charge on any atom is 0.0460 e. The number of hydrogen-bond acceptors (Lipinski definition) is 2. The highest BCUT2D eigenvalue weighted by atomic mass is 14.7. The molecule has 2 rings (SSSR count). The average molecular weight is 409 g/mol. The molecule has 0 N–H and O–H groups in total. The summed E-state index contributed by atoms with van der Waals surface area (Å²) in [7, 11) is 0. The smallest absolute Gasteiger partial charge is 0.0460 e. The molecule has 0 bridgehead atoms. The van der Waals surface area contributed by atoms with Gasteiger partial charge in [-0.3, -0.25) is 9.97 Å². The second-order valence-corrected chi connectivity index (χ2v) is 12.8. The quantitative estimate of drug-likeness (QED) is 0.469. The number of pyridine rings is 2. The van der Waals surface area contributed by atoms with E-state index in [1.807, 2.05) is 0 Å². The monoisotopic (exact) mass is 408 g/mol. The van der Waals surface area contributed by atoms with E-state index in [1.165, 1.54) is 22.6 Å². The van der Waals surface area contributed by atoms with Crippen molar-refractivity contribution in [1.82, 2.24) is 9.97 Å². The second kappa shape index (κ2) is 8.81. The molecule has 0 saturated heterocycles. The van der Waals surface area contributed by atoms with Gasteiger partial charge in [0.25, 0.3) is 0 Å². The minimum atomic E-state index is 0.0677. The molecule has 2 heteroatoms. The van der Waals surface area contributed by atoms with Crippen molar-refractivity contribution in [3.8, 4) is 0 Å². The minimum absolute atomic E-state index is 0.0677. The van der Waals surface area contributed by atoms with Crippen LogP contribution < -0.4 is 0 Å². The van der Waals surface area contributed by atoms with Gasteiger partial charge >= 0.3 is 0 Å². The highest BCUT2D eigenvalue weighted by Gasteiger charge is 2.28. The van der Waals surface area contributed by atoms with Crippen molar-refractivity contribution in [2.45, 2.75) is 106 Å². The fraction of sp³-hybridized carbons (Fsp3) is 0.643. The van der Waals surface area contributed by atoms with Crippen molar-refractivity contribution < 1.29 is 0 Å². The first-order chi connectivity index (χ1) is 13.6. The van der Waals surface area contributed by atoms with Gasteiger partial charge in [-0.05, 0) is 60.3 Å². The molecule has 0 aliphatic carbocycles. The van der Waals surface area contributed by atoms with E-state index in [0.29, 0.717) is 5.41 Å². The second-order valence-electron chi connectivity index (χ2n) is 12.8. The third-order valence-electron chi connectivity index (χ3n) is 5.91. The molecule has 2 heterocycles. The van der Waals surface area contributed by atoms with Crippen LogP contribution >= 0.6 is 0 Å². The van der Waals surface area contributed by atoms with Gasteiger partial charge in [0.2, 0.25) is 0 Å². The lowest BCUT2D eigenvalue weighted by molar-refractivity contribution is 0.280. The Morgan fingerprint density at radius 2 is 1.37 bits per heavy atom. The number of aromatic nitrogens is 2. The van der Waals surface area contributed by atoms with Gasteiger partial charge in [0, 0.05) is 34.1 Å². The predicted molar refractivity (Wildman–Crippen MR) is 130 cm³/mol. The van der Waals surface area contributed by atoms with Crippen molar-refractivity contribution in [2.24, 2.45) is 10.8 Å². The van der Waals surface area contributed by atoms with Gasteiger partial charge in [0.05, 0.1) is 0 Å². The molecule has 0 unspecified atom stereocenters. The van der Waals surface area contributed by atoms with E-state index in [-0.39, 0.29) is 16.2 Å². The summed E-state index contributed by atoms with van der Waals surface area (Å²) in [4.78, 5) is 9.80. The van der Waals surface area contributed by atoms with E-state index < -0.39 is 0 Å². The molecule has 0 saturated carbocycles. The Balaban J connectivity index is 2.03. The van der Waals surface area contributed by atoms with Gasteiger partial charge in [-0.25, -0.2) is 0 Å². The molecule has 0 aliphatic heterocycles. The van der Waals surface area contributed by atoms with Crippen LogP contribution in [0.4, 0.5) is 0 Å². The van der Waals surface area contributed by atoms with Crippen LogP contribution in [0.3, 0.4) is 0 Å². The Morgan fingerprint density at radius 1 is 0.700 bits per heavy atom. The van der Waals surface area contributed by atoms with Crippen LogP contribution in [0.1, 0.15) is 105 Å².